The predicted molar refractivity (Wildman–Crippen MR) is 78.4 cm³/mol. The highest BCUT2D eigenvalue weighted by atomic mass is 16.5. The molecule has 0 aliphatic carbocycles. The van der Waals surface area contributed by atoms with E-state index in [0.717, 1.165) is 18.7 Å². The lowest BCUT2D eigenvalue weighted by molar-refractivity contribution is 0.217. The predicted octanol–water partition coefficient (Wildman–Crippen LogP) is 2.49. The van der Waals surface area contributed by atoms with Crippen molar-refractivity contribution in [1.29, 1.82) is 0 Å². The van der Waals surface area contributed by atoms with Gasteiger partial charge in [0.15, 0.2) is 0 Å². The molecular weight excluding hydrogens is 252 g/mol. The molecule has 0 saturated carbocycles. The molecule has 1 aliphatic heterocycles. The van der Waals surface area contributed by atoms with E-state index in [-0.39, 0.29) is 0 Å². The number of nitrogens with zero attached hydrogens (tertiary/aromatic N) is 3. The van der Waals surface area contributed by atoms with Crippen molar-refractivity contribution < 1.29 is 4.52 Å². The molecule has 5 nitrogen and oxygen atoms in total. The molecule has 1 aliphatic rings. The van der Waals surface area contributed by atoms with Crippen LogP contribution in [-0.4, -0.2) is 41.7 Å². The molecule has 0 radical (unpaired) electrons. The van der Waals surface area contributed by atoms with Crippen LogP contribution in [0.2, 0.25) is 0 Å². The Morgan fingerprint density at radius 1 is 1.35 bits per heavy atom. The Morgan fingerprint density at radius 3 is 3.00 bits per heavy atom. The van der Waals surface area contributed by atoms with Crippen molar-refractivity contribution in [2.24, 2.45) is 5.92 Å². The third-order valence-electron chi connectivity index (χ3n) is 3.72. The fourth-order valence-corrected chi connectivity index (χ4v) is 2.67. The zero-order valence-corrected chi connectivity index (χ0v) is 11.7. The van der Waals surface area contributed by atoms with Crippen molar-refractivity contribution in [3.05, 3.63) is 30.3 Å². The van der Waals surface area contributed by atoms with Crippen molar-refractivity contribution >= 4 is 5.95 Å². The Kier molecular flexibility index (Phi) is 3.97. The average molecular weight is 272 g/mol. The summed E-state index contributed by atoms with van der Waals surface area (Å²) in [4.78, 5) is 6.76. The quantitative estimate of drug-likeness (QED) is 0.926. The maximum absolute atomic E-state index is 5.28. The summed E-state index contributed by atoms with van der Waals surface area (Å²) in [6, 6.07) is 9.83. The molecule has 1 saturated heterocycles. The molecule has 0 bridgehead atoms. The van der Waals surface area contributed by atoms with E-state index in [2.05, 4.69) is 27.4 Å². The van der Waals surface area contributed by atoms with E-state index in [9.17, 15) is 0 Å². The summed E-state index contributed by atoms with van der Waals surface area (Å²) >= 11 is 0. The van der Waals surface area contributed by atoms with Crippen LogP contribution in [0.1, 0.15) is 12.8 Å². The summed E-state index contributed by atoms with van der Waals surface area (Å²) in [5, 5.41) is 7.27. The lowest BCUT2D eigenvalue weighted by Crippen LogP contribution is -2.35. The first-order valence-electron chi connectivity index (χ1n) is 7.13. The molecule has 20 heavy (non-hydrogen) atoms. The van der Waals surface area contributed by atoms with Crippen LogP contribution in [0.3, 0.4) is 0 Å². The first kappa shape index (κ1) is 13.1. The van der Waals surface area contributed by atoms with Gasteiger partial charge < -0.3 is 14.7 Å². The van der Waals surface area contributed by atoms with E-state index in [1.54, 1.807) is 0 Å². The molecule has 1 aromatic heterocycles. The summed E-state index contributed by atoms with van der Waals surface area (Å²) < 4.78 is 5.28. The Bertz CT molecular complexity index is 540. The van der Waals surface area contributed by atoms with Crippen LogP contribution in [0.15, 0.2) is 34.9 Å². The van der Waals surface area contributed by atoms with Crippen LogP contribution in [0, 0.1) is 5.92 Å². The molecule has 1 unspecified atom stereocenters. The minimum atomic E-state index is 0.564. The standard InChI is InChI=1S/C15H20N4O/c1-19-9-5-6-12(11-19)10-16-15-17-14(20-18-15)13-7-3-2-4-8-13/h2-4,7-8,12H,5-6,9-11H2,1H3,(H,16,18). The van der Waals surface area contributed by atoms with Crippen molar-refractivity contribution in [3.63, 3.8) is 0 Å². The molecule has 1 N–H and O–H groups in total. The fourth-order valence-electron chi connectivity index (χ4n) is 2.67. The van der Waals surface area contributed by atoms with Gasteiger partial charge in [0.05, 0.1) is 0 Å². The molecular formula is C15H20N4O. The fraction of sp³-hybridized carbons (Fsp3) is 0.467. The van der Waals surface area contributed by atoms with Crippen molar-refractivity contribution in [2.75, 3.05) is 32.0 Å². The minimum Gasteiger partial charge on any atom is -0.351 e. The Balaban J connectivity index is 1.58. The number of aromatic nitrogens is 2. The zero-order valence-electron chi connectivity index (χ0n) is 11.7. The minimum absolute atomic E-state index is 0.564. The average Bonchev–Trinajstić information content (AvgIpc) is 2.95. The lowest BCUT2D eigenvalue weighted by atomic mass is 9.99. The smallest absolute Gasteiger partial charge is 0.263 e. The summed E-state index contributed by atoms with van der Waals surface area (Å²) in [5.74, 6) is 1.80. The summed E-state index contributed by atoms with van der Waals surface area (Å²) in [7, 11) is 2.17. The number of hydrogen-bond donors (Lipinski definition) is 1. The Morgan fingerprint density at radius 2 is 2.20 bits per heavy atom. The van der Waals surface area contributed by atoms with Crippen molar-refractivity contribution in [3.8, 4) is 11.5 Å². The van der Waals surface area contributed by atoms with Crippen LogP contribution >= 0.6 is 0 Å². The second kappa shape index (κ2) is 6.05. The first-order valence-corrected chi connectivity index (χ1v) is 7.13. The van der Waals surface area contributed by atoms with Crippen LogP contribution in [0.4, 0.5) is 5.95 Å². The third kappa shape index (κ3) is 3.17. The topological polar surface area (TPSA) is 54.2 Å². The van der Waals surface area contributed by atoms with E-state index in [4.69, 9.17) is 4.52 Å². The van der Waals surface area contributed by atoms with Crippen LogP contribution in [0.25, 0.3) is 11.5 Å². The van der Waals surface area contributed by atoms with Gasteiger partial charge in [-0.2, -0.15) is 4.98 Å². The summed E-state index contributed by atoms with van der Waals surface area (Å²) in [6.45, 7) is 3.24. The highest BCUT2D eigenvalue weighted by Crippen LogP contribution is 2.19. The van der Waals surface area contributed by atoms with E-state index < -0.39 is 0 Å². The van der Waals surface area contributed by atoms with Gasteiger partial charge >= 0.3 is 0 Å². The largest absolute Gasteiger partial charge is 0.351 e. The number of piperidine rings is 1. The Hall–Kier alpha value is -1.88. The molecule has 1 fully saturated rings. The number of anilines is 1. The monoisotopic (exact) mass is 272 g/mol. The van der Waals surface area contributed by atoms with Gasteiger partial charge in [-0.1, -0.05) is 18.2 Å². The molecule has 2 aromatic rings. The Labute approximate surface area is 119 Å². The second-order valence-corrected chi connectivity index (χ2v) is 5.44. The number of hydrogen-bond acceptors (Lipinski definition) is 5. The van der Waals surface area contributed by atoms with Gasteiger partial charge in [-0.3, -0.25) is 0 Å². The third-order valence-corrected chi connectivity index (χ3v) is 3.72. The zero-order chi connectivity index (χ0) is 13.8. The van der Waals surface area contributed by atoms with Crippen molar-refractivity contribution in [1.82, 2.24) is 15.0 Å². The van der Waals surface area contributed by atoms with Gasteiger partial charge in [-0.25, -0.2) is 0 Å². The second-order valence-electron chi connectivity index (χ2n) is 5.44. The van der Waals surface area contributed by atoms with Gasteiger partial charge in [0, 0.05) is 18.7 Å². The molecule has 3 rings (SSSR count). The SMILES string of the molecule is CN1CCCC(CNc2noc(-c3ccccc3)n2)C1. The van der Waals surface area contributed by atoms with Gasteiger partial charge in [0.25, 0.3) is 11.8 Å². The van der Waals surface area contributed by atoms with Gasteiger partial charge in [0.2, 0.25) is 0 Å². The highest BCUT2D eigenvalue weighted by Gasteiger charge is 2.17. The van der Waals surface area contributed by atoms with E-state index in [0.29, 0.717) is 17.8 Å². The lowest BCUT2D eigenvalue weighted by Gasteiger charge is -2.29. The molecule has 0 amide bonds. The van der Waals surface area contributed by atoms with E-state index in [1.165, 1.54) is 19.4 Å². The molecule has 106 valence electrons. The highest BCUT2D eigenvalue weighted by molar-refractivity contribution is 5.53. The van der Waals surface area contributed by atoms with Crippen LogP contribution in [0.5, 0.6) is 0 Å². The molecule has 1 aromatic carbocycles. The van der Waals surface area contributed by atoms with Gasteiger partial charge in [-0.05, 0) is 49.6 Å². The normalized spacial score (nSPS) is 19.9. The van der Waals surface area contributed by atoms with Crippen LogP contribution < -0.4 is 5.32 Å². The van der Waals surface area contributed by atoms with Gasteiger partial charge in [-0.15, -0.1) is 0 Å². The number of nitrogens with one attached hydrogen (secondary N) is 1. The van der Waals surface area contributed by atoms with Crippen molar-refractivity contribution in [2.45, 2.75) is 12.8 Å². The number of rotatable bonds is 4. The maximum Gasteiger partial charge on any atom is 0.263 e. The molecule has 1 atom stereocenters. The molecule has 2 heterocycles. The molecule has 0 spiro atoms. The maximum atomic E-state index is 5.28. The first-order chi connectivity index (χ1) is 9.81. The number of benzene rings is 1. The van der Waals surface area contributed by atoms with E-state index >= 15 is 0 Å². The summed E-state index contributed by atoms with van der Waals surface area (Å²) in [6.07, 6.45) is 2.53. The van der Waals surface area contributed by atoms with Gasteiger partial charge in [0.1, 0.15) is 0 Å². The molecule has 5 heteroatoms. The summed E-state index contributed by atoms with van der Waals surface area (Å²) in [5.41, 5.74) is 0.949. The van der Waals surface area contributed by atoms with E-state index in [1.807, 2.05) is 30.3 Å². The van der Waals surface area contributed by atoms with Crippen LogP contribution in [-0.2, 0) is 0 Å². The number of likely N-dealkylation sites (tertiary alicyclic amines) is 1.